The van der Waals surface area contributed by atoms with Gasteiger partial charge in [0, 0.05) is 62.8 Å². The lowest BCUT2D eigenvalue weighted by molar-refractivity contribution is 0.224. The second-order valence-electron chi connectivity index (χ2n) is 11.1. The Morgan fingerprint density at radius 3 is 2.27 bits per heavy atom. The largest absolute Gasteiger partial charge is 0.472 e. The van der Waals surface area contributed by atoms with Gasteiger partial charge in [0.1, 0.15) is 0 Å². The summed E-state index contributed by atoms with van der Waals surface area (Å²) >= 11 is 0. The van der Waals surface area contributed by atoms with E-state index < -0.39 is 0 Å². The van der Waals surface area contributed by atoms with Crippen LogP contribution in [-0.4, -0.2) is 44.2 Å². The van der Waals surface area contributed by atoms with Gasteiger partial charge >= 0.3 is 0 Å². The van der Waals surface area contributed by atoms with Crippen molar-refractivity contribution in [3.8, 4) is 0 Å². The Labute approximate surface area is 206 Å². The summed E-state index contributed by atoms with van der Waals surface area (Å²) in [5.74, 6) is 0.715. The molecule has 33 heavy (non-hydrogen) atoms. The van der Waals surface area contributed by atoms with E-state index in [0.717, 1.165) is 32.7 Å². The van der Waals surface area contributed by atoms with Crippen LogP contribution in [0.4, 0.5) is 11.4 Å². The maximum absolute atomic E-state index is 5.26. The molecule has 0 atom stereocenters. The molecule has 5 heteroatoms. The number of anilines is 2. The first-order chi connectivity index (χ1) is 15.6. The number of halogens is 1. The fourth-order valence-electron chi connectivity index (χ4n) is 6.00. The Morgan fingerprint density at radius 2 is 1.61 bits per heavy atom. The molecule has 1 aromatic carbocycles. The topological polar surface area (TPSA) is 22.9 Å². The van der Waals surface area contributed by atoms with Crippen LogP contribution in [0.1, 0.15) is 75.8 Å². The van der Waals surface area contributed by atoms with E-state index in [0.29, 0.717) is 11.3 Å². The lowest BCUT2D eigenvalue weighted by Crippen LogP contribution is -2.46. The smallest absolute Gasteiger partial charge is 0.0947 e. The van der Waals surface area contributed by atoms with Gasteiger partial charge in [-0.3, -0.25) is 4.90 Å². The van der Waals surface area contributed by atoms with Crippen LogP contribution >= 0.6 is 12.4 Å². The molecule has 1 saturated carbocycles. The third-order valence-corrected chi connectivity index (χ3v) is 8.21. The summed E-state index contributed by atoms with van der Waals surface area (Å²) < 4.78 is 5.26. The minimum Gasteiger partial charge on any atom is -0.472 e. The van der Waals surface area contributed by atoms with E-state index in [1.807, 2.05) is 6.26 Å². The normalized spacial score (nSPS) is 22.2. The van der Waals surface area contributed by atoms with E-state index in [9.17, 15) is 0 Å². The average Bonchev–Trinajstić information content (AvgIpc) is 3.33. The monoisotopic (exact) mass is 471 g/mol. The zero-order valence-electron chi connectivity index (χ0n) is 20.6. The predicted molar refractivity (Wildman–Crippen MR) is 141 cm³/mol. The quantitative estimate of drug-likeness (QED) is 0.484. The minimum absolute atomic E-state index is 0. The van der Waals surface area contributed by atoms with Gasteiger partial charge in [-0.1, -0.05) is 13.8 Å². The van der Waals surface area contributed by atoms with Crippen molar-refractivity contribution in [2.75, 3.05) is 49.1 Å². The molecule has 1 aromatic heterocycles. The number of piperidine rings is 1. The van der Waals surface area contributed by atoms with Gasteiger partial charge < -0.3 is 14.2 Å². The van der Waals surface area contributed by atoms with Crippen LogP contribution < -0.4 is 9.80 Å². The first-order valence-electron chi connectivity index (χ1n) is 12.9. The van der Waals surface area contributed by atoms with Gasteiger partial charge in [0.15, 0.2) is 0 Å². The molecule has 0 bridgehead atoms. The Balaban J connectivity index is 0.00000259. The average molecular weight is 472 g/mol. The number of hydrogen-bond acceptors (Lipinski definition) is 4. The Morgan fingerprint density at radius 1 is 0.879 bits per heavy atom. The van der Waals surface area contributed by atoms with E-state index >= 15 is 0 Å². The summed E-state index contributed by atoms with van der Waals surface area (Å²) in [5, 5.41) is 0. The van der Waals surface area contributed by atoms with Crippen molar-refractivity contribution >= 4 is 23.8 Å². The fraction of sp³-hybridized carbons (Fsp3) is 0.643. The van der Waals surface area contributed by atoms with E-state index in [-0.39, 0.29) is 12.4 Å². The molecular weight excluding hydrogens is 430 g/mol. The summed E-state index contributed by atoms with van der Waals surface area (Å²) in [6, 6.07) is 9.55. The number of furan rings is 1. The molecule has 0 spiro atoms. The van der Waals surface area contributed by atoms with Crippen molar-refractivity contribution in [3.05, 3.63) is 47.9 Å². The Kier molecular flexibility index (Phi) is 7.96. The molecule has 2 aromatic rings. The minimum atomic E-state index is 0. The van der Waals surface area contributed by atoms with Crippen LogP contribution in [-0.2, 0) is 6.54 Å². The highest BCUT2D eigenvalue weighted by Crippen LogP contribution is 2.45. The van der Waals surface area contributed by atoms with E-state index in [1.54, 1.807) is 11.8 Å². The van der Waals surface area contributed by atoms with Crippen molar-refractivity contribution in [2.45, 2.75) is 71.3 Å². The predicted octanol–water partition coefficient (Wildman–Crippen LogP) is 6.70. The first-order valence-corrected chi connectivity index (χ1v) is 12.9. The van der Waals surface area contributed by atoms with Crippen LogP contribution in [0.15, 0.2) is 41.2 Å². The second kappa shape index (κ2) is 10.7. The zero-order valence-corrected chi connectivity index (χ0v) is 21.4. The van der Waals surface area contributed by atoms with Crippen molar-refractivity contribution in [2.24, 2.45) is 5.41 Å². The van der Waals surface area contributed by atoms with Crippen molar-refractivity contribution < 1.29 is 4.42 Å². The Hall–Kier alpha value is -1.65. The standard InChI is InChI=1S/C28H41N3O.ClH/c1-28(2)11-8-24(9-12-28)26-20-25(30-13-4-3-5-14-30)6-7-27(26)31-17-15-29(16-18-31)21-23-10-19-32-22-23;/h6-7,10,19-20,22,24H,3-5,8-9,11-18,21H2,1-2H3;1H. The number of nitrogens with zero attached hydrogens (tertiary/aromatic N) is 3. The van der Waals surface area contributed by atoms with Gasteiger partial charge in [-0.25, -0.2) is 0 Å². The van der Waals surface area contributed by atoms with Crippen molar-refractivity contribution in [1.29, 1.82) is 0 Å². The highest BCUT2D eigenvalue weighted by Gasteiger charge is 2.31. The molecule has 0 radical (unpaired) electrons. The summed E-state index contributed by atoms with van der Waals surface area (Å²) in [7, 11) is 0. The molecule has 3 fully saturated rings. The van der Waals surface area contributed by atoms with Crippen LogP contribution in [0, 0.1) is 5.41 Å². The molecule has 4 nitrogen and oxygen atoms in total. The van der Waals surface area contributed by atoms with Gasteiger partial charge in [-0.05, 0) is 86.1 Å². The molecule has 3 heterocycles. The molecule has 2 saturated heterocycles. The summed E-state index contributed by atoms with van der Waals surface area (Å²) in [5.41, 5.74) is 6.41. The van der Waals surface area contributed by atoms with Crippen LogP contribution in [0.2, 0.25) is 0 Å². The highest BCUT2D eigenvalue weighted by molar-refractivity contribution is 5.85. The molecule has 0 N–H and O–H groups in total. The van der Waals surface area contributed by atoms with Crippen LogP contribution in [0.3, 0.4) is 0 Å². The zero-order chi connectivity index (χ0) is 22.0. The van der Waals surface area contributed by atoms with Crippen LogP contribution in [0.25, 0.3) is 0 Å². The second-order valence-corrected chi connectivity index (χ2v) is 11.1. The number of rotatable bonds is 5. The maximum atomic E-state index is 5.26. The van der Waals surface area contributed by atoms with Crippen molar-refractivity contribution in [1.82, 2.24) is 4.90 Å². The van der Waals surface area contributed by atoms with E-state index in [1.165, 1.54) is 75.0 Å². The third-order valence-electron chi connectivity index (χ3n) is 8.21. The number of hydrogen-bond donors (Lipinski definition) is 0. The molecular formula is C28H42ClN3O. The van der Waals surface area contributed by atoms with Crippen molar-refractivity contribution in [3.63, 3.8) is 0 Å². The first kappa shape index (κ1) is 24.5. The Bertz CT molecular complexity index is 857. The lowest BCUT2D eigenvalue weighted by atomic mass is 9.71. The molecule has 3 aliphatic rings. The van der Waals surface area contributed by atoms with Gasteiger partial charge in [0.2, 0.25) is 0 Å². The third kappa shape index (κ3) is 5.89. The summed E-state index contributed by atoms with van der Waals surface area (Å²) in [6.45, 7) is 12.8. The van der Waals surface area contributed by atoms with Gasteiger partial charge in [-0.15, -0.1) is 12.4 Å². The molecule has 2 aliphatic heterocycles. The molecule has 1 aliphatic carbocycles. The van der Waals surface area contributed by atoms with E-state index in [2.05, 4.69) is 52.8 Å². The molecule has 0 amide bonds. The molecule has 5 rings (SSSR count). The summed E-state index contributed by atoms with van der Waals surface area (Å²) in [6.07, 6.45) is 13.1. The van der Waals surface area contributed by atoms with Gasteiger partial charge in [0.05, 0.1) is 12.5 Å². The lowest BCUT2D eigenvalue weighted by Gasteiger charge is -2.40. The SMILES string of the molecule is CC1(C)CCC(c2cc(N3CCCCC3)ccc2N2CCN(Cc3ccoc3)CC2)CC1.Cl. The highest BCUT2D eigenvalue weighted by atomic mass is 35.5. The number of benzene rings is 1. The van der Waals surface area contributed by atoms with Gasteiger partial charge in [0.25, 0.3) is 0 Å². The molecule has 182 valence electrons. The summed E-state index contributed by atoms with van der Waals surface area (Å²) in [4.78, 5) is 7.86. The van der Waals surface area contributed by atoms with Crippen LogP contribution in [0.5, 0.6) is 0 Å². The van der Waals surface area contributed by atoms with E-state index in [4.69, 9.17) is 4.42 Å². The maximum Gasteiger partial charge on any atom is 0.0947 e. The fourth-order valence-corrected chi connectivity index (χ4v) is 6.00. The number of piperazine rings is 1. The molecule has 0 unspecified atom stereocenters. The van der Waals surface area contributed by atoms with Gasteiger partial charge in [-0.2, -0.15) is 0 Å².